The Bertz CT molecular complexity index is 349. The summed E-state index contributed by atoms with van der Waals surface area (Å²) in [6.07, 6.45) is 0.439. The second kappa shape index (κ2) is 6.99. The van der Waals surface area contributed by atoms with E-state index in [-0.39, 0.29) is 0 Å². The van der Waals surface area contributed by atoms with E-state index in [4.69, 9.17) is 21.6 Å². The molecule has 0 amide bonds. The fourth-order valence-electron chi connectivity index (χ4n) is 1.20. The van der Waals surface area contributed by atoms with E-state index in [2.05, 4.69) is 16.3 Å². The van der Waals surface area contributed by atoms with Crippen LogP contribution in [0.4, 0.5) is 5.82 Å². The molecule has 6 heteroatoms. The molecule has 0 aliphatic carbocycles. The van der Waals surface area contributed by atoms with Gasteiger partial charge in [-0.05, 0) is 12.1 Å². The van der Waals surface area contributed by atoms with Crippen LogP contribution in [0.1, 0.15) is 6.42 Å². The summed E-state index contributed by atoms with van der Waals surface area (Å²) in [5.74, 6) is 0.705. The van der Waals surface area contributed by atoms with Crippen LogP contribution in [0.25, 0.3) is 0 Å². The van der Waals surface area contributed by atoms with Crippen molar-refractivity contribution < 1.29 is 4.74 Å². The van der Waals surface area contributed by atoms with E-state index in [1.807, 2.05) is 4.90 Å². The van der Waals surface area contributed by atoms with Crippen LogP contribution >= 0.6 is 11.6 Å². The highest BCUT2D eigenvalue weighted by Crippen LogP contribution is 2.11. The van der Waals surface area contributed by atoms with Gasteiger partial charge in [0, 0.05) is 20.2 Å². The lowest BCUT2D eigenvalue weighted by atomic mass is 10.3. The quantitative estimate of drug-likeness (QED) is 0.754. The van der Waals surface area contributed by atoms with Crippen LogP contribution in [0.2, 0.25) is 5.15 Å². The van der Waals surface area contributed by atoms with Crippen LogP contribution in [-0.2, 0) is 4.74 Å². The van der Waals surface area contributed by atoms with Crippen LogP contribution in [0.5, 0.6) is 0 Å². The summed E-state index contributed by atoms with van der Waals surface area (Å²) >= 11 is 5.66. The smallest absolute Gasteiger partial charge is 0.151 e. The molecule has 5 nitrogen and oxygen atoms in total. The normalized spacial score (nSPS) is 9.81. The maximum atomic E-state index is 8.57. The number of aromatic nitrogens is 2. The average Bonchev–Trinajstić information content (AvgIpc) is 2.31. The number of nitrogens with zero attached hydrogens (tertiary/aromatic N) is 4. The minimum absolute atomic E-state index is 0.357. The number of hydrogen-bond donors (Lipinski definition) is 0. The first-order valence-corrected chi connectivity index (χ1v) is 5.25. The molecule has 0 saturated carbocycles. The fourth-order valence-corrected chi connectivity index (χ4v) is 1.31. The molecule has 0 saturated heterocycles. The molecule has 0 fully saturated rings. The lowest BCUT2D eigenvalue weighted by Crippen LogP contribution is -2.29. The SMILES string of the molecule is COCCN(CCC#N)c1ccc(Cl)nn1. The molecule has 0 aliphatic heterocycles. The fraction of sp³-hybridized carbons (Fsp3) is 0.500. The lowest BCUT2D eigenvalue weighted by Gasteiger charge is -2.21. The van der Waals surface area contributed by atoms with Crippen molar-refractivity contribution in [1.82, 2.24) is 10.2 Å². The molecule has 0 aromatic carbocycles. The first-order chi connectivity index (χ1) is 7.77. The van der Waals surface area contributed by atoms with Gasteiger partial charge in [-0.1, -0.05) is 11.6 Å². The summed E-state index contributed by atoms with van der Waals surface area (Å²) in [5.41, 5.74) is 0. The van der Waals surface area contributed by atoms with Crippen molar-refractivity contribution >= 4 is 17.4 Å². The predicted molar refractivity (Wildman–Crippen MR) is 61.4 cm³/mol. The highest BCUT2D eigenvalue weighted by atomic mass is 35.5. The maximum Gasteiger partial charge on any atom is 0.151 e. The van der Waals surface area contributed by atoms with E-state index in [0.717, 1.165) is 0 Å². The van der Waals surface area contributed by atoms with Gasteiger partial charge in [-0.2, -0.15) is 5.26 Å². The van der Waals surface area contributed by atoms with Crippen molar-refractivity contribution in [2.75, 3.05) is 31.7 Å². The van der Waals surface area contributed by atoms with Gasteiger partial charge in [0.15, 0.2) is 11.0 Å². The van der Waals surface area contributed by atoms with Crippen molar-refractivity contribution in [3.63, 3.8) is 0 Å². The molecule has 16 heavy (non-hydrogen) atoms. The topological polar surface area (TPSA) is 62.0 Å². The number of ether oxygens (including phenoxy) is 1. The number of anilines is 1. The molecule has 0 radical (unpaired) electrons. The van der Waals surface area contributed by atoms with Gasteiger partial charge >= 0.3 is 0 Å². The third kappa shape index (κ3) is 4.01. The third-order valence-corrected chi connectivity index (χ3v) is 2.20. The molecular weight excluding hydrogens is 228 g/mol. The van der Waals surface area contributed by atoms with Gasteiger partial charge in [0.05, 0.1) is 19.1 Å². The molecule has 0 bridgehead atoms. The molecule has 0 atom stereocenters. The van der Waals surface area contributed by atoms with Crippen molar-refractivity contribution in [2.45, 2.75) is 6.42 Å². The second-order valence-electron chi connectivity index (χ2n) is 3.10. The van der Waals surface area contributed by atoms with Gasteiger partial charge in [0.2, 0.25) is 0 Å². The Balaban J connectivity index is 2.67. The number of halogens is 1. The maximum absolute atomic E-state index is 8.57. The molecule has 0 aliphatic rings. The minimum Gasteiger partial charge on any atom is -0.383 e. The van der Waals surface area contributed by atoms with E-state index >= 15 is 0 Å². The largest absolute Gasteiger partial charge is 0.383 e. The zero-order chi connectivity index (χ0) is 11.8. The number of hydrogen-bond acceptors (Lipinski definition) is 5. The molecule has 0 spiro atoms. The van der Waals surface area contributed by atoms with Gasteiger partial charge < -0.3 is 9.64 Å². The minimum atomic E-state index is 0.357. The average molecular weight is 241 g/mol. The third-order valence-electron chi connectivity index (χ3n) is 2.00. The van der Waals surface area contributed by atoms with Crippen LogP contribution < -0.4 is 4.90 Å². The summed E-state index contributed by atoms with van der Waals surface area (Å²) in [6.45, 7) is 1.86. The summed E-state index contributed by atoms with van der Waals surface area (Å²) in [5, 5.41) is 16.7. The number of methoxy groups -OCH3 is 1. The molecule has 0 unspecified atom stereocenters. The Kier molecular flexibility index (Phi) is 5.54. The Morgan fingerprint density at radius 1 is 1.44 bits per heavy atom. The second-order valence-corrected chi connectivity index (χ2v) is 3.49. The predicted octanol–water partition coefficient (Wildman–Crippen LogP) is 1.50. The molecule has 86 valence electrons. The van der Waals surface area contributed by atoms with Crippen LogP contribution in [0, 0.1) is 11.3 Å². The van der Waals surface area contributed by atoms with E-state index < -0.39 is 0 Å². The first-order valence-electron chi connectivity index (χ1n) is 4.88. The van der Waals surface area contributed by atoms with Crippen LogP contribution in [0.3, 0.4) is 0 Å². The van der Waals surface area contributed by atoms with Crippen molar-refractivity contribution in [2.24, 2.45) is 0 Å². The highest BCUT2D eigenvalue weighted by Gasteiger charge is 2.07. The number of nitriles is 1. The van der Waals surface area contributed by atoms with Crippen LogP contribution in [0.15, 0.2) is 12.1 Å². The summed E-state index contributed by atoms with van der Waals surface area (Å²) in [7, 11) is 1.63. The van der Waals surface area contributed by atoms with Crippen molar-refractivity contribution in [3.8, 4) is 6.07 Å². The van der Waals surface area contributed by atoms with Gasteiger partial charge in [-0.25, -0.2) is 0 Å². The van der Waals surface area contributed by atoms with Crippen molar-refractivity contribution in [3.05, 3.63) is 17.3 Å². The van der Waals surface area contributed by atoms with E-state index in [1.54, 1.807) is 19.2 Å². The van der Waals surface area contributed by atoms with Gasteiger partial charge in [-0.3, -0.25) is 0 Å². The Hall–Kier alpha value is -1.38. The highest BCUT2D eigenvalue weighted by molar-refractivity contribution is 6.29. The zero-order valence-corrected chi connectivity index (χ0v) is 9.81. The van der Waals surface area contributed by atoms with Gasteiger partial charge in [0.25, 0.3) is 0 Å². The lowest BCUT2D eigenvalue weighted by molar-refractivity contribution is 0.205. The van der Waals surface area contributed by atoms with E-state index in [9.17, 15) is 0 Å². The summed E-state index contributed by atoms with van der Waals surface area (Å²) in [4.78, 5) is 1.94. The number of rotatable bonds is 6. The van der Waals surface area contributed by atoms with Crippen LogP contribution in [-0.4, -0.2) is 37.0 Å². The molecule has 1 aromatic rings. The Morgan fingerprint density at radius 3 is 2.81 bits per heavy atom. The summed E-state index contributed by atoms with van der Waals surface area (Å²) < 4.78 is 5.00. The molecule has 1 rings (SSSR count). The molecule has 1 heterocycles. The monoisotopic (exact) mass is 240 g/mol. The molecular formula is C10H13ClN4O. The first kappa shape index (κ1) is 12.7. The van der Waals surface area contributed by atoms with E-state index in [0.29, 0.717) is 37.1 Å². The summed E-state index contributed by atoms with van der Waals surface area (Å²) in [6, 6.07) is 5.56. The van der Waals surface area contributed by atoms with Gasteiger partial charge in [-0.15, -0.1) is 10.2 Å². The molecule has 0 N–H and O–H groups in total. The Labute approximate surface area is 99.6 Å². The molecule has 1 aromatic heterocycles. The Morgan fingerprint density at radius 2 is 2.25 bits per heavy atom. The van der Waals surface area contributed by atoms with Crippen molar-refractivity contribution in [1.29, 1.82) is 5.26 Å². The van der Waals surface area contributed by atoms with E-state index in [1.165, 1.54) is 0 Å². The standard InChI is InChI=1S/C10H13ClN4O/c1-16-8-7-15(6-2-5-12)10-4-3-9(11)13-14-10/h3-4H,2,6-8H2,1H3. The van der Waals surface area contributed by atoms with Gasteiger partial charge in [0.1, 0.15) is 0 Å². The zero-order valence-electron chi connectivity index (χ0n) is 9.06.